The number of hydrogen-bond donors (Lipinski definition) is 0. The van der Waals surface area contributed by atoms with Crippen LogP contribution in [-0.4, -0.2) is 43.3 Å². The van der Waals surface area contributed by atoms with Crippen LogP contribution in [-0.2, 0) is 13.1 Å². The normalized spacial score (nSPS) is 22.6. The molecule has 0 N–H and O–H groups in total. The summed E-state index contributed by atoms with van der Waals surface area (Å²) in [6.07, 6.45) is 11.9. The van der Waals surface area contributed by atoms with Crippen molar-refractivity contribution >= 4 is 0 Å². The van der Waals surface area contributed by atoms with Crippen molar-refractivity contribution in [2.75, 3.05) is 6.61 Å². The summed E-state index contributed by atoms with van der Waals surface area (Å²) in [5.41, 5.74) is 1.31. The first kappa shape index (κ1) is 13.7. The van der Waals surface area contributed by atoms with Gasteiger partial charge in [0.15, 0.2) is 0 Å². The molecule has 0 radical (unpaired) electrons. The van der Waals surface area contributed by atoms with E-state index < -0.39 is 0 Å². The van der Waals surface area contributed by atoms with Crippen molar-refractivity contribution in [1.29, 1.82) is 0 Å². The molecule has 1 aliphatic carbocycles. The van der Waals surface area contributed by atoms with Crippen LogP contribution in [0.2, 0.25) is 0 Å². The van der Waals surface area contributed by atoms with Gasteiger partial charge in [0.05, 0.1) is 11.9 Å². The third kappa shape index (κ3) is 2.70. The minimum absolute atomic E-state index is 0.411. The Morgan fingerprint density at radius 3 is 2.91 bits per heavy atom. The van der Waals surface area contributed by atoms with Crippen LogP contribution >= 0.6 is 0 Å². The van der Waals surface area contributed by atoms with E-state index in [1.807, 2.05) is 6.20 Å². The molecule has 6 heteroatoms. The Kier molecular flexibility index (Phi) is 3.76. The first-order valence-corrected chi connectivity index (χ1v) is 8.05. The van der Waals surface area contributed by atoms with Gasteiger partial charge >= 0.3 is 0 Å². The number of fused-ring (bicyclic) bond motifs is 1. The lowest BCUT2D eigenvalue weighted by atomic mass is 9.90. The van der Waals surface area contributed by atoms with Crippen LogP contribution in [0.15, 0.2) is 30.9 Å². The number of aryl methyl sites for hydroxylation is 1. The highest BCUT2D eigenvalue weighted by Gasteiger charge is 2.33. The lowest BCUT2D eigenvalue weighted by Gasteiger charge is -2.41. The van der Waals surface area contributed by atoms with E-state index in [9.17, 15) is 0 Å². The molecule has 1 aliphatic heterocycles. The standard InChI is InChI=1S/C16H21N5O/c1-2-13(3-1)20-11-14-4-6-19-21(14)9-5-15(20)12-22-16-10-17-7-8-18-16/h4,6-8,10,13,15H,1-3,5,9,11-12H2/t15-/m1/s1. The van der Waals surface area contributed by atoms with Gasteiger partial charge in [-0.15, -0.1) is 0 Å². The summed E-state index contributed by atoms with van der Waals surface area (Å²) in [5, 5.41) is 4.43. The molecule has 1 saturated carbocycles. The SMILES string of the molecule is c1cnc(OC[C@H]2CCn3nccc3CN2C2CCC2)cn1. The van der Waals surface area contributed by atoms with Crippen molar-refractivity contribution < 1.29 is 4.74 Å². The molecule has 0 unspecified atom stereocenters. The van der Waals surface area contributed by atoms with Crippen LogP contribution in [0.5, 0.6) is 5.88 Å². The minimum atomic E-state index is 0.411. The smallest absolute Gasteiger partial charge is 0.232 e. The average Bonchev–Trinajstić information content (AvgIpc) is 2.87. The van der Waals surface area contributed by atoms with E-state index in [4.69, 9.17) is 4.74 Å². The van der Waals surface area contributed by atoms with Crippen LogP contribution in [0.25, 0.3) is 0 Å². The Morgan fingerprint density at radius 2 is 2.14 bits per heavy atom. The average molecular weight is 299 g/mol. The maximum absolute atomic E-state index is 5.88. The zero-order chi connectivity index (χ0) is 14.8. The molecule has 116 valence electrons. The predicted octanol–water partition coefficient (Wildman–Crippen LogP) is 1.88. The number of rotatable bonds is 4. The van der Waals surface area contributed by atoms with Gasteiger partial charge in [-0.2, -0.15) is 5.10 Å². The largest absolute Gasteiger partial charge is 0.475 e. The summed E-state index contributed by atoms with van der Waals surface area (Å²) in [7, 11) is 0. The van der Waals surface area contributed by atoms with Crippen LogP contribution < -0.4 is 4.74 Å². The van der Waals surface area contributed by atoms with Gasteiger partial charge in [0.25, 0.3) is 0 Å². The highest BCUT2D eigenvalue weighted by atomic mass is 16.5. The molecule has 0 bridgehead atoms. The number of ether oxygens (including phenoxy) is 1. The van der Waals surface area contributed by atoms with E-state index in [2.05, 4.69) is 30.7 Å². The minimum Gasteiger partial charge on any atom is -0.475 e. The molecule has 0 amide bonds. The third-order valence-corrected chi connectivity index (χ3v) is 4.80. The van der Waals surface area contributed by atoms with Crippen LogP contribution in [0, 0.1) is 0 Å². The molecule has 22 heavy (non-hydrogen) atoms. The van der Waals surface area contributed by atoms with Gasteiger partial charge < -0.3 is 4.74 Å². The van der Waals surface area contributed by atoms with E-state index >= 15 is 0 Å². The fraction of sp³-hybridized carbons (Fsp3) is 0.562. The van der Waals surface area contributed by atoms with Gasteiger partial charge in [-0.1, -0.05) is 6.42 Å². The van der Waals surface area contributed by atoms with Gasteiger partial charge in [0, 0.05) is 43.8 Å². The van der Waals surface area contributed by atoms with Gasteiger partial charge in [-0.3, -0.25) is 14.6 Å². The van der Waals surface area contributed by atoms with Crippen molar-refractivity contribution in [2.45, 2.75) is 50.9 Å². The summed E-state index contributed by atoms with van der Waals surface area (Å²) in [6.45, 7) is 2.60. The molecule has 4 rings (SSSR count). The second-order valence-electron chi connectivity index (χ2n) is 6.10. The fourth-order valence-corrected chi connectivity index (χ4v) is 3.32. The van der Waals surface area contributed by atoms with Crippen molar-refractivity contribution in [3.8, 4) is 5.88 Å². The first-order chi connectivity index (χ1) is 10.9. The van der Waals surface area contributed by atoms with Crippen molar-refractivity contribution in [1.82, 2.24) is 24.6 Å². The second kappa shape index (κ2) is 6.04. The molecule has 6 nitrogen and oxygen atoms in total. The topological polar surface area (TPSA) is 56.1 Å². The summed E-state index contributed by atoms with van der Waals surface area (Å²) in [5.74, 6) is 0.609. The lowest BCUT2D eigenvalue weighted by Crippen LogP contribution is -2.48. The Balaban J connectivity index is 1.48. The molecule has 2 aromatic rings. The monoisotopic (exact) mass is 299 g/mol. The molecule has 0 aromatic carbocycles. The summed E-state index contributed by atoms with van der Waals surface area (Å²) < 4.78 is 8.01. The van der Waals surface area contributed by atoms with E-state index in [0.29, 0.717) is 24.6 Å². The molecule has 0 saturated heterocycles. The zero-order valence-electron chi connectivity index (χ0n) is 12.6. The van der Waals surface area contributed by atoms with Crippen LogP contribution in [0.3, 0.4) is 0 Å². The van der Waals surface area contributed by atoms with E-state index in [1.165, 1.54) is 25.0 Å². The second-order valence-corrected chi connectivity index (χ2v) is 6.10. The van der Waals surface area contributed by atoms with Gasteiger partial charge in [0.1, 0.15) is 6.61 Å². The predicted molar refractivity (Wildman–Crippen MR) is 81.3 cm³/mol. The van der Waals surface area contributed by atoms with Crippen molar-refractivity contribution in [2.24, 2.45) is 0 Å². The van der Waals surface area contributed by atoms with Gasteiger partial charge in [-0.05, 0) is 25.3 Å². The molecular weight excluding hydrogens is 278 g/mol. The van der Waals surface area contributed by atoms with Crippen LogP contribution in [0.1, 0.15) is 31.4 Å². The summed E-state index contributed by atoms with van der Waals surface area (Å²) in [6, 6.07) is 3.24. The maximum Gasteiger partial charge on any atom is 0.232 e. The first-order valence-electron chi connectivity index (χ1n) is 8.05. The molecule has 2 aromatic heterocycles. The Morgan fingerprint density at radius 1 is 1.18 bits per heavy atom. The number of hydrogen-bond acceptors (Lipinski definition) is 5. The van der Waals surface area contributed by atoms with E-state index in [1.54, 1.807) is 18.6 Å². The lowest BCUT2D eigenvalue weighted by molar-refractivity contribution is 0.0437. The van der Waals surface area contributed by atoms with Crippen LogP contribution in [0.4, 0.5) is 0 Å². The molecule has 3 heterocycles. The Hall–Kier alpha value is -1.95. The van der Waals surface area contributed by atoms with Gasteiger partial charge in [-0.25, -0.2) is 4.98 Å². The summed E-state index contributed by atoms with van der Waals surface area (Å²) >= 11 is 0. The Bertz CT molecular complexity index is 610. The molecule has 0 spiro atoms. The highest BCUT2D eigenvalue weighted by Crippen LogP contribution is 2.30. The van der Waals surface area contributed by atoms with E-state index in [-0.39, 0.29) is 0 Å². The van der Waals surface area contributed by atoms with Gasteiger partial charge in [0.2, 0.25) is 5.88 Å². The Labute approximate surface area is 130 Å². The molecular formula is C16H21N5O. The maximum atomic E-state index is 5.88. The van der Waals surface area contributed by atoms with E-state index in [0.717, 1.165) is 19.5 Å². The summed E-state index contributed by atoms with van der Waals surface area (Å²) in [4.78, 5) is 10.9. The number of aromatic nitrogens is 4. The zero-order valence-corrected chi connectivity index (χ0v) is 12.6. The quantitative estimate of drug-likeness (QED) is 0.863. The molecule has 1 fully saturated rings. The van der Waals surface area contributed by atoms with Crippen molar-refractivity contribution in [3.05, 3.63) is 36.5 Å². The van der Waals surface area contributed by atoms with Crippen molar-refractivity contribution in [3.63, 3.8) is 0 Å². The fourth-order valence-electron chi connectivity index (χ4n) is 3.32. The third-order valence-electron chi connectivity index (χ3n) is 4.80. The molecule has 2 aliphatic rings. The number of nitrogens with zero attached hydrogens (tertiary/aromatic N) is 5. The molecule has 1 atom stereocenters. The highest BCUT2D eigenvalue weighted by molar-refractivity contribution is 5.05.